The topological polar surface area (TPSA) is 42.7 Å². The van der Waals surface area contributed by atoms with Gasteiger partial charge in [0.1, 0.15) is 6.33 Å². The van der Waals surface area contributed by atoms with Crippen LogP contribution in [-0.2, 0) is 7.05 Å². The lowest BCUT2D eigenvalue weighted by atomic mass is 10.0. The lowest BCUT2D eigenvalue weighted by Gasteiger charge is -2.21. The summed E-state index contributed by atoms with van der Waals surface area (Å²) in [4.78, 5) is 4.20. The molecule has 4 nitrogen and oxygen atoms in total. The van der Waals surface area contributed by atoms with E-state index in [1.165, 1.54) is 31.7 Å². The largest absolute Gasteiger partial charge is 0.317 e. The molecule has 1 aromatic heterocycles. The maximum Gasteiger partial charge on any atom is 0.185 e. The lowest BCUT2D eigenvalue weighted by Crippen LogP contribution is -2.28. The van der Waals surface area contributed by atoms with Crippen molar-refractivity contribution in [2.45, 2.75) is 18.0 Å². The molecule has 0 bridgehead atoms. The highest BCUT2D eigenvalue weighted by Crippen LogP contribution is 2.22. The molecule has 0 radical (unpaired) electrons. The van der Waals surface area contributed by atoms with Crippen molar-refractivity contribution >= 4 is 11.8 Å². The summed E-state index contributed by atoms with van der Waals surface area (Å²) >= 11 is 1.82. The number of aryl methyl sites for hydroxylation is 1. The van der Waals surface area contributed by atoms with Crippen molar-refractivity contribution in [3.63, 3.8) is 0 Å². The van der Waals surface area contributed by atoms with E-state index in [2.05, 4.69) is 15.4 Å². The van der Waals surface area contributed by atoms with E-state index in [4.69, 9.17) is 0 Å². The van der Waals surface area contributed by atoms with Crippen LogP contribution in [0.25, 0.3) is 0 Å². The lowest BCUT2D eigenvalue weighted by molar-refractivity contribution is 0.407. The number of hydrogen-bond acceptors (Lipinski definition) is 4. The van der Waals surface area contributed by atoms with Gasteiger partial charge in [-0.05, 0) is 31.8 Å². The Kier molecular flexibility index (Phi) is 3.42. The zero-order chi connectivity index (χ0) is 9.80. The summed E-state index contributed by atoms with van der Waals surface area (Å²) in [6.07, 6.45) is 4.21. The second-order valence-corrected chi connectivity index (χ2v) is 4.66. The summed E-state index contributed by atoms with van der Waals surface area (Å²) in [5.41, 5.74) is 0. The maximum atomic E-state index is 4.20. The van der Waals surface area contributed by atoms with E-state index < -0.39 is 0 Å². The number of hydrogen-bond donors (Lipinski definition) is 1. The number of nitrogens with zero attached hydrogens (tertiary/aromatic N) is 3. The van der Waals surface area contributed by atoms with Crippen molar-refractivity contribution in [3.05, 3.63) is 6.33 Å². The molecule has 0 unspecified atom stereocenters. The van der Waals surface area contributed by atoms with Crippen LogP contribution in [0.2, 0.25) is 0 Å². The number of aromatic nitrogens is 3. The second kappa shape index (κ2) is 4.79. The minimum absolute atomic E-state index is 0.845. The first-order valence-corrected chi connectivity index (χ1v) is 6.02. The van der Waals surface area contributed by atoms with E-state index in [1.54, 1.807) is 6.33 Å². The van der Waals surface area contributed by atoms with E-state index in [0.29, 0.717) is 0 Å². The Morgan fingerprint density at radius 1 is 1.57 bits per heavy atom. The first-order chi connectivity index (χ1) is 6.86. The molecular formula is C9H16N4S. The number of rotatable bonds is 3. The van der Waals surface area contributed by atoms with Gasteiger partial charge in [0.25, 0.3) is 0 Å². The predicted octanol–water partition coefficient (Wildman–Crippen LogP) is 0.907. The number of nitrogens with one attached hydrogen (secondary N) is 1. The molecule has 1 fully saturated rings. The van der Waals surface area contributed by atoms with Crippen LogP contribution in [0, 0.1) is 5.92 Å². The molecule has 78 valence electrons. The van der Waals surface area contributed by atoms with Crippen molar-refractivity contribution < 1.29 is 0 Å². The summed E-state index contributed by atoms with van der Waals surface area (Å²) < 4.78 is 1.84. The molecule has 14 heavy (non-hydrogen) atoms. The molecular weight excluding hydrogens is 196 g/mol. The van der Waals surface area contributed by atoms with Crippen LogP contribution in [-0.4, -0.2) is 33.6 Å². The summed E-state index contributed by atoms with van der Waals surface area (Å²) in [6, 6.07) is 0. The highest BCUT2D eigenvalue weighted by Gasteiger charge is 2.14. The van der Waals surface area contributed by atoms with E-state index in [-0.39, 0.29) is 0 Å². The van der Waals surface area contributed by atoms with Gasteiger partial charge in [-0.2, -0.15) is 5.10 Å². The van der Waals surface area contributed by atoms with Crippen molar-refractivity contribution in [1.29, 1.82) is 0 Å². The molecule has 2 rings (SSSR count). The summed E-state index contributed by atoms with van der Waals surface area (Å²) in [6.45, 7) is 2.34. The standard InChI is InChI=1S/C9H16N4S/c1-13-9(11-7-12-13)14-6-8-2-4-10-5-3-8/h7-8,10H,2-6H2,1H3. The summed E-state index contributed by atoms with van der Waals surface area (Å²) in [7, 11) is 1.94. The van der Waals surface area contributed by atoms with Gasteiger partial charge in [0, 0.05) is 12.8 Å². The van der Waals surface area contributed by atoms with Gasteiger partial charge in [-0.3, -0.25) is 0 Å². The van der Waals surface area contributed by atoms with Gasteiger partial charge in [-0.25, -0.2) is 9.67 Å². The predicted molar refractivity (Wildman–Crippen MR) is 57.3 cm³/mol. The third-order valence-corrected chi connectivity index (χ3v) is 3.84. The van der Waals surface area contributed by atoms with Gasteiger partial charge in [0.2, 0.25) is 0 Å². The van der Waals surface area contributed by atoms with Crippen molar-refractivity contribution in [2.24, 2.45) is 13.0 Å². The van der Waals surface area contributed by atoms with E-state index in [1.807, 2.05) is 23.5 Å². The summed E-state index contributed by atoms with van der Waals surface area (Å²) in [5.74, 6) is 2.02. The second-order valence-electron chi connectivity index (χ2n) is 3.67. The van der Waals surface area contributed by atoms with Gasteiger partial charge in [0.15, 0.2) is 5.16 Å². The third kappa shape index (κ3) is 2.48. The Balaban J connectivity index is 1.79. The van der Waals surface area contributed by atoms with E-state index in [0.717, 1.165) is 11.1 Å². The van der Waals surface area contributed by atoms with Gasteiger partial charge in [-0.15, -0.1) is 0 Å². The molecule has 1 aromatic rings. The molecule has 1 aliphatic rings. The average Bonchev–Trinajstić information content (AvgIpc) is 2.63. The molecule has 0 saturated carbocycles. The average molecular weight is 212 g/mol. The molecule has 0 spiro atoms. The molecule has 0 amide bonds. The highest BCUT2D eigenvalue weighted by molar-refractivity contribution is 7.99. The van der Waals surface area contributed by atoms with Crippen molar-refractivity contribution in [3.8, 4) is 0 Å². The van der Waals surface area contributed by atoms with Crippen LogP contribution in [0.4, 0.5) is 0 Å². The van der Waals surface area contributed by atoms with Gasteiger partial charge in [-0.1, -0.05) is 11.8 Å². The first kappa shape index (κ1) is 9.98. The molecule has 0 aromatic carbocycles. The Hall–Kier alpha value is -0.550. The van der Waals surface area contributed by atoms with Gasteiger partial charge < -0.3 is 5.32 Å². The zero-order valence-electron chi connectivity index (χ0n) is 8.44. The van der Waals surface area contributed by atoms with Gasteiger partial charge >= 0.3 is 0 Å². The van der Waals surface area contributed by atoms with Crippen LogP contribution in [0.15, 0.2) is 11.5 Å². The molecule has 1 aliphatic heterocycles. The smallest absolute Gasteiger partial charge is 0.185 e. The normalized spacial score (nSPS) is 18.6. The van der Waals surface area contributed by atoms with Crippen LogP contribution >= 0.6 is 11.8 Å². The Morgan fingerprint density at radius 3 is 3.00 bits per heavy atom. The minimum atomic E-state index is 0.845. The monoisotopic (exact) mass is 212 g/mol. The van der Waals surface area contributed by atoms with Crippen LogP contribution in [0.5, 0.6) is 0 Å². The molecule has 0 aliphatic carbocycles. The van der Waals surface area contributed by atoms with E-state index >= 15 is 0 Å². The molecule has 0 atom stereocenters. The maximum absolute atomic E-state index is 4.20. The fraction of sp³-hybridized carbons (Fsp3) is 0.778. The Morgan fingerprint density at radius 2 is 2.36 bits per heavy atom. The molecule has 2 heterocycles. The Bertz CT molecular complexity index is 280. The molecule has 1 saturated heterocycles. The highest BCUT2D eigenvalue weighted by atomic mass is 32.2. The number of thioether (sulfide) groups is 1. The van der Waals surface area contributed by atoms with Crippen LogP contribution in [0.1, 0.15) is 12.8 Å². The fourth-order valence-corrected chi connectivity index (χ4v) is 2.73. The van der Waals surface area contributed by atoms with Crippen molar-refractivity contribution in [2.75, 3.05) is 18.8 Å². The SMILES string of the molecule is Cn1ncnc1SCC1CCNCC1. The minimum Gasteiger partial charge on any atom is -0.317 e. The molecule has 5 heteroatoms. The zero-order valence-corrected chi connectivity index (χ0v) is 9.26. The first-order valence-electron chi connectivity index (χ1n) is 5.04. The fourth-order valence-electron chi connectivity index (χ4n) is 1.66. The molecule has 1 N–H and O–H groups in total. The van der Waals surface area contributed by atoms with Gasteiger partial charge in [0.05, 0.1) is 0 Å². The summed E-state index contributed by atoms with van der Waals surface area (Å²) in [5, 5.41) is 8.46. The Labute approximate surface area is 88.5 Å². The van der Waals surface area contributed by atoms with Crippen molar-refractivity contribution in [1.82, 2.24) is 20.1 Å². The van der Waals surface area contributed by atoms with E-state index in [9.17, 15) is 0 Å². The van der Waals surface area contributed by atoms with Crippen LogP contribution in [0.3, 0.4) is 0 Å². The number of piperidine rings is 1. The van der Waals surface area contributed by atoms with Crippen LogP contribution < -0.4 is 5.32 Å². The third-order valence-electron chi connectivity index (χ3n) is 2.58. The quantitative estimate of drug-likeness (QED) is 0.756.